The summed E-state index contributed by atoms with van der Waals surface area (Å²) in [6, 6.07) is 17.4. The molecule has 4 nitrogen and oxygen atoms in total. The molecule has 0 aliphatic heterocycles. The van der Waals surface area contributed by atoms with Gasteiger partial charge in [0.1, 0.15) is 0 Å². The summed E-state index contributed by atoms with van der Waals surface area (Å²) >= 11 is 0. The van der Waals surface area contributed by atoms with E-state index in [1.165, 1.54) is 0 Å². The minimum atomic E-state index is 0.774. The second-order valence-electron chi connectivity index (χ2n) is 4.17. The molecule has 0 fully saturated rings. The quantitative estimate of drug-likeness (QED) is 0.648. The van der Waals surface area contributed by atoms with E-state index in [-0.39, 0.29) is 0 Å². The van der Waals surface area contributed by atoms with Crippen LogP contribution >= 0.6 is 0 Å². The molecule has 4 heteroatoms. The number of hydrogen-bond acceptors (Lipinski definition) is 4. The van der Waals surface area contributed by atoms with E-state index in [4.69, 9.17) is 0 Å². The van der Waals surface area contributed by atoms with Crippen LogP contribution in [0.4, 0.5) is 11.4 Å². The maximum Gasteiger partial charge on any atom is 0.0894 e. The van der Waals surface area contributed by atoms with Gasteiger partial charge in [-0.2, -0.15) is 10.2 Å². The van der Waals surface area contributed by atoms with Gasteiger partial charge < -0.3 is 0 Å². The molecule has 0 aliphatic rings. The summed E-state index contributed by atoms with van der Waals surface area (Å²) < 4.78 is 0. The van der Waals surface area contributed by atoms with Crippen molar-refractivity contribution in [1.82, 2.24) is 9.97 Å². The molecule has 0 N–H and O–H groups in total. The Morgan fingerprint density at radius 2 is 1.40 bits per heavy atom. The van der Waals surface area contributed by atoms with Crippen molar-refractivity contribution in [3.05, 3.63) is 73.2 Å². The normalized spacial score (nSPS) is 10.8. The fourth-order valence-corrected chi connectivity index (χ4v) is 1.77. The van der Waals surface area contributed by atoms with E-state index in [0.29, 0.717) is 0 Å². The lowest BCUT2D eigenvalue weighted by atomic mass is 10.1. The Morgan fingerprint density at radius 1 is 0.700 bits per heavy atom. The van der Waals surface area contributed by atoms with Gasteiger partial charge in [0.25, 0.3) is 0 Å². The summed E-state index contributed by atoms with van der Waals surface area (Å²) in [5, 5.41) is 8.39. The summed E-state index contributed by atoms with van der Waals surface area (Å²) in [7, 11) is 0. The van der Waals surface area contributed by atoms with Crippen molar-refractivity contribution in [2.75, 3.05) is 0 Å². The van der Waals surface area contributed by atoms with Crippen LogP contribution in [0.5, 0.6) is 0 Å². The molecule has 0 unspecified atom stereocenters. The van der Waals surface area contributed by atoms with Gasteiger partial charge >= 0.3 is 0 Å². The zero-order valence-corrected chi connectivity index (χ0v) is 10.7. The molecular formula is C16H12N4. The monoisotopic (exact) mass is 260 g/mol. The van der Waals surface area contributed by atoms with Crippen LogP contribution in [0.25, 0.3) is 11.3 Å². The second kappa shape index (κ2) is 5.84. The highest BCUT2D eigenvalue weighted by atomic mass is 15.1. The van der Waals surface area contributed by atoms with Crippen LogP contribution in [0.2, 0.25) is 0 Å². The molecular weight excluding hydrogens is 248 g/mol. The van der Waals surface area contributed by atoms with E-state index in [1.807, 2.05) is 54.6 Å². The topological polar surface area (TPSA) is 50.5 Å². The standard InChI is InChI=1S/C16H12N4/c1-2-4-13(5-3-1)16-12-15(8-11-18-16)20-19-14-6-9-17-10-7-14/h1-12H. The summed E-state index contributed by atoms with van der Waals surface area (Å²) in [4.78, 5) is 8.30. The highest BCUT2D eigenvalue weighted by Crippen LogP contribution is 2.23. The Hall–Kier alpha value is -2.88. The van der Waals surface area contributed by atoms with Crippen LogP contribution in [-0.2, 0) is 0 Å². The van der Waals surface area contributed by atoms with Crippen LogP contribution < -0.4 is 0 Å². The highest BCUT2D eigenvalue weighted by Gasteiger charge is 1.99. The van der Waals surface area contributed by atoms with Gasteiger partial charge in [-0.05, 0) is 24.3 Å². The van der Waals surface area contributed by atoms with Crippen molar-refractivity contribution in [3.8, 4) is 11.3 Å². The van der Waals surface area contributed by atoms with Crippen molar-refractivity contribution in [2.45, 2.75) is 0 Å². The van der Waals surface area contributed by atoms with Crippen molar-refractivity contribution in [3.63, 3.8) is 0 Å². The van der Waals surface area contributed by atoms with E-state index in [9.17, 15) is 0 Å². The summed E-state index contributed by atoms with van der Waals surface area (Å²) in [5.41, 5.74) is 3.50. The largest absolute Gasteiger partial charge is 0.265 e. The van der Waals surface area contributed by atoms with E-state index < -0.39 is 0 Å². The number of benzene rings is 1. The van der Waals surface area contributed by atoms with Gasteiger partial charge in [-0.3, -0.25) is 9.97 Å². The van der Waals surface area contributed by atoms with Gasteiger partial charge in [0, 0.05) is 24.2 Å². The fraction of sp³-hybridized carbons (Fsp3) is 0. The molecule has 1 aromatic carbocycles. The van der Waals surface area contributed by atoms with E-state index in [0.717, 1.165) is 22.6 Å². The van der Waals surface area contributed by atoms with Gasteiger partial charge in [0.05, 0.1) is 17.1 Å². The zero-order valence-electron chi connectivity index (χ0n) is 10.7. The van der Waals surface area contributed by atoms with Crippen molar-refractivity contribution in [2.24, 2.45) is 10.2 Å². The SMILES string of the molecule is c1ccc(-c2cc(N=Nc3ccncc3)ccn2)cc1. The summed E-state index contributed by atoms with van der Waals surface area (Å²) in [6.07, 6.45) is 5.12. The number of pyridine rings is 2. The lowest BCUT2D eigenvalue weighted by Gasteiger charge is -2.00. The predicted molar refractivity (Wildman–Crippen MR) is 78.1 cm³/mol. The first kappa shape index (κ1) is 12.2. The Morgan fingerprint density at radius 3 is 2.20 bits per heavy atom. The lowest BCUT2D eigenvalue weighted by Crippen LogP contribution is -1.81. The fourth-order valence-electron chi connectivity index (χ4n) is 1.77. The van der Waals surface area contributed by atoms with Crippen molar-refractivity contribution >= 4 is 11.4 Å². The first-order chi connectivity index (χ1) is 9.92. The number of aromatic nitrogens is 2. The average molecular weight is 260 g/mol. The third-order valence-corrected chi connectivity index (χ3v) is 2.76. The van der Waals surface area contributed by atoms with Gasteiger partial charge in [0.2, 0.25) is 0 Å². The molecule has 0 saturated heterocycles. The molecule has 0 aliphatic carbocycles. The van der Waals surface area contributed by atoms with Crippen LogP contribution in [0.15, 0.2) is 83.4 Å². The van der Waals surface area contributed by atoms with Gasteiger partial charge in [-0.15, -0.1) is 0 Å². The Labute approximate surface area is 116 Å². The average Bonchev–Trinajstić information content (AvgIpc) is 2.55. The molecule has 0 radical (unpaired) electrons. The Kier molecular flexibility index (Phi) is 3.55. The zero-order chi connectivity index (χ0) is 13.6. The molecule has 0 amide bonds. The van der Waals surface area contributed by atoms with Crippen LogP contribution in [-0.4, -0.2) is 9.97 Å². The van der Waals surface area contributed by atoms with Crippen molar-refractivity contribution in [1.29, 1.82) is 0 Å². The van der Waals surface area contributed by atoms with Crippen LogP contribution in [0, 0.1) is 0 Å². The number of hydrogen-bond donors (Lipinski definition) is 0. The molecule has 0 spiro atoms. The molecule has 0 bridgehead atoms. The molecule has 0 saturated carbocycles. The molecule has 2 heterocycles. The third kappa shape index (κ3) is 2.92. The predicted octanol–water partition coefficient (Wildman–Crippen LogP) is 4.56. The minimum absolute atomic E-state index is 0.774. The van der Waals surface area contributed by atoms with E-state index in [2.05, 4.69) is 20.2 Å². The summed E-state index contributed by atoms with van der Waals surface area (Å²) in [6.45, 7) is 0. The van der Waals surface area contributed by atoms with Crippen LogP contribution in [0.3, 0.4) is 0 Å². The number of nitrogens with zero attached hydrogens (tertiary/aromatic N) is 4. The maximum atomic E-state index is 4.35. The molecule has 2 aromatic heterocycles. The van der Waals surface area contributed by atoms with Gasteiger partial charge in [-0.1, -0.05) is 30.3 Å². The van der Waals surface area contributed by atoms with Crippen LogP contribution in [0.1, 0.15) is 0 Å². The smallest absolute Gasteiger partial charge is 0.0894 e. The van der Waals surface area contributed by atoms with Crippen molar-refractivity contribution < 1.29 is 0 Å². The molecule has 3 rings (SSSR count). The Balaban J connectivity index is 1.87. The molecule has 20 heavy (non-hydrogen) atoms. The van der Waals surface area contributed by atoms with E-state index >= 15 is 0 Å². The molecule has 0 atom stereocenters. The Bertz CT molecular complexity index is 709. The lowest BCUT2D eigenvalue weighted by molar-refractivity contribution is 1.19. The second-order valence-corrected chi connectivity index (χ2v) is 4.17. The summed E-state index contributed by atoms with van der Waals surface area (Å²) in [5.74, 6) is 0. The maximum absolute atomic E-state index is 4.35. The number of azo groups is 1. The first-order valence-corrected chi connectivity index (χ1v) is 6.25. The van der Waals surface area contributed by atoms with E-state index in [1.54, 1.807) is 18.6 Å². The van der Waals surface area contributed by atoms with Gasteiger partial charge in [0.15, 0.2) is 0 Å². The minimum Gasteiger partial charge on any atom is -0.265 e. The highest BCUT2D eigenvalue weighted by molar-refractivity contribution is 5.62. The molecule has 3 aromatic rings. The van der Waals surface area contributed by atoms with Gasteiger partial charge in [-0.25, -0.2) is 0 Å². The number of rotatable bonds is 3. The first-order valence-electron chi connectivity index (χ1n) is 6.25. The third-order valence-electron chi connectivity index (χ3n) is 2.76. The molecule has 96 valence electrons.